The molecule has 98 valence electrons. The van der Waals surface area contributed by atoms with Crippen molar-refractivity contribution in [2.45, 2.75) is 32.5 Å². The first kappa shape index (κ1) is 12.2. The van der Waals surface area contributed by atoms with Gasteiger partial charge in [0.2, 0.25) is 0 Å². The number of ether oxygens (including phenoxy) is 1. The highest BCUT2D eigenvalue weighted by Crippen LogP contribution is 2.34. The molecule has 0 heterocycles. The van der Waals surface area contributed by atoms with Crippen molar-refractivity contribution in [3.05, 3.63) is 64.7 Å². The van der Waals surface area contributed by atoms with E-state index in [-0.39, 0.29) is 6.10 Å². The van der Waals surface area contributed by atoms with Crippen molar-refractivity contribution >= 4 is 0 Å². The molecule has 0 saturated carbocycles. The number of fused-ring (bicyclic) bond motifs is 1. The third-order valence-corrected chi connectivity index (χ3v) is 3.91. The fourth-order valence-electron chi connectivity index (χ4n) is 2.61. The topological polar surface area (TPSA) is 29.5 Å². The molecule has 0 saturated heterocycles. The molecule has 0 aromatic heterocycles. The summed E-state index contributed by atoms with van der Waals surface area (Å²) >= 11 is 0. The normalized spacial score (nSPS) is 21.2. The molecule has 19 heavy (non-hydrogen) atoms. The zero-order valence-corrected chi connectivity index (χ0v) is 11.3. The Bertz CT molecular complexity index is 604. The predicted octanol–water partition coefficient (Wildman–Crippen LogP) is 3.34. The molecule has 1 aliphatic carbocycles. The lowest BCUT2D eigenvalue weighted by Crippen LogP contribution is -2.21. The van der Waals surface area contributed by atoms with Crippen LogP contribution < -0.4 is 4.74 Å². The van der Waals surface area contributed by atoms with E-state index < -0.39 is 6.10 Å². The molecular weight excluding hydrogens is 236 g/mol. The number of aryl methyl sites for hydroxylation is 2. The van der Waals surface area contributed by atoms with Crippen molar-refractivity contribution in [3.8, 4) is 5.75 Å². The molecule has 1 aliphatic rings. The first-order valence-corrected chi connectivity index (χ1v) is 6.65. The van der Waals surface area contributed by atoms with Crippen LogP contribution in [0.15, 0.2) is 42.5 Å². The zero-order chi connectivity index (χ0) is 13.4. The second-order valence-corrected chi connectivity index (χ2v) is 5.25. The van der Waals surface area contributed by atoms with Crippen LogP contribution in [-0.2, 0) is 6.42 Å². The van der Waals surface area contributed by atoms with E-state index in [4.69, 9.17) is 4.74 Å². The Labute approximate surface area is 113 Å². The fraction of sp³-hybridized carbons (Fsp3) is 0.294. The van der Waals surface area contributed by atoms with Gasteiger partial charge in [0.15, 0.2) is 0 Å². The number of hydrogen-bond donors (Lipinski definition) is 1. The maximum absolute atomic E-state index is 10.3. The van der Waals surface area contributed by atoms with E-state index in [0.29, 0.717) is 0 Å². The Morgan fingerprint density at radius 3 is 2.58 bits per heavy atom. The monoisotopic (exact) mass is 254 g/mol. The first-order chi connectivity index (χ1) is 9.15. The first-order valence-electron chi connectivity index (χ1n) is 6.65. The molecule has 3 rings (SSSR count). The summed E-state index contributed by atoms with van der Waals surface area (Å²) in [6.07, 6.45) is 0.0573. The van der Waals surface area contributed by atoms with Gasteiger partial charge in [-0.15, -0.1) is 0 Å². The van der Waals surface area contributed by atoms with Crippen LogP contribution in [0.4, 0.5) is 0 Å². The van der Waals surface area contributed by atoms with Gasteiger partial charge in [-0.05, 0) is 48.2 Å². The van der Waals surface area contributed by atoms with Gasteiger partial charge in [-0.2, -0.15) is 0 Å². The van der Waals surface area contributed by atoms with Gasteiger partial charge in [0.05, 0.1) is 0 Å². The maximum atomic E-state index is 10.3. The molecule has 0 aliphatic heterocycles. The molecule has 2 aromatic carbocycles. The number of benzene rings is 2. The Hall–Kier alpha value is -1.80. The lowest BCUT2D eigenvalue weighted by Gasteiger charge is -2.18. The summed E-state index contributed by atoms with van der Waals surface area (Å²) in [7, 11) is 0. The van der Waals surface area contributed by atoms with Crippen LogP contribution >= 0.6 is 0 Å². The molecule has 2 nitrogen and oxygen atoms in total. The van der Waals surface area contributed by atoms with Crippen molar-refractivity contribution in [1.29, 1.82) is 0 Å². The molecule has 0 radical (unpaired) electrons. The summed E-state index contributed by atoms with van der Waals surface area (Å²) in [5.74, 6) is 0.833. The van der Waals surface area contributed by atoms with Gasteiger partial charge in [0.1, 0.15) is 18.0 Å². The highest BCUT2D eigenvalue weighted by Gasteiger charge is 2.32. The number of hydrogen-bond acceptors (Lipinski definition) is 2. The van der Waals surface area contributed by atoms with Crippen LogP contribution in [0.2, 0.25) is 0 Å². The molecule has 1 N–H and O–H groups in total. The van der Waals surface area contributed by atoms with E-state index in [0.717, 1.165) is 17.7 Å². The van der Waals surface area contributed by atoms with E-state index in [2.05, 4.69) is 26.0 Å². The van der Waals surface area contributed by atoms with E-state index in [1.807, 2.05) is 30.3 Å². The molecule has 0 amide bonds. The minimum atomic E-state index is -0.530. The lowest BCUT2D eigenvalue weighted by molar-refractivity contribution is 0.0493. The minimum Gasteiger partial charge on any atom is -0.487 e. The van der Waals surface area contributed by atoms with Crippen LogP contribution in [0.3, 0.4) is 0 Å². The molecule has 2 atom stereocenters. The van der Waals surface area contributed by atoms with Crippen LogP contribution in [0, 0.1) is 13.8 Å². The highest BCUT2D eigenvalue weighted by molar-refractivity contribution is 5.37. The summed E-state index contributed by atoms with van der Waals surface area (Å²) in [6.45, 7) is 4.15. The largest absolute Gasteiger partial charge is 0.487 e. The van der Waals surface area contributed by atoms with Crippen LogP contribution in [0.5, 0.6) is 5.75 Å². The number of aliphatic hydroxyl groups is 1. The smallest absolute Gasteiger partial charge is 0.133 e. The van der Waals surface area contributed by atoms with Crippen LogP contribution in [0.1, 0.15) is 28.4 Å². The van der Waals surface area contributed by atoms with Crippen molar-refractivity contribution in [2.75, 3.05) is 0 Å². The molecule has 0 bridgehead atoms. The molecule has 2 unspecified atom stereocenters. The number of rotatable bonds is 2. The van der Waals surface area contributed by atoms with Gasteiger partial charge >= 0.3 is 0 Å². The van der Waals surface area contributed by atoms with Gasteiger partial charge < -0.3 is 9.84 Å². The van der Waals surface area contributed by atoms with E-state index >= 15 is 0 Å². The summed E-state index contributed by atoms with van der Waals surface area (Å²) in [5, 5.41) is 10.3. The molecule has 2 aromatic rings. The van der Waals surface area contributed by atoms with Gasteiger partial charge in [-0.3, -0.25) is 0 Å². The third kappa shape index (κ3) is 2.24. The lowest BCUT2D eigenvalue weighted by atomic mass is 10.1. The van der Waals surface area contributed by atoms with Crippen LogP contribution in [0.25, 0.3) is 0 Å². The second-order valence-electron chi connectivity index (χ2n) is 5.25. The fourth-order valence-corrected chi connectivity index (χ4v) is 2.61. The minimum absolute atomic E-state index is 0.181. The van der Waals surface area contributed by atoms with Gasteiger partial charge in [-0.1, -0.05) is 30.3 Å². The maximum Gasteiger partial charge on any atom is 0.133 e. The predicted molar refractivity (Wildman–Crippen MR) is 75.4 cm³/mol. The van der Waals surface area contributed by atoms with Crippen molar-refractivity contribution < 1.29 is 9.84 Å². The average Bonchev–Trinajstić information content (AvgIpc) is 2.72. The Kier molecular flexibility index (Phi) is 3.03. The SMILES string of the molecule is Cc1ccc(OC2Cc3ccccc3C2O)cc1C. The summed E-state index contributed by atoms with van der Waals surface area (Å²) < 4.78 is 5.96. The van der Waals surface area contributed by atoms with Crippen molar-refractivity contribution in [3.63, 3.8) is 0 Å². The molecule has 0 fully saturated rings. The Morgan fingerprint density at radius 1 is 1.05 bits per heavy atom. The van der Waals surface area contributed by atoms with Crippen LogP contribution in [-0.4, -0.2) is 11.2 Å². The standard InChI is InChI=1S/C17H18O2/c1-11-7-8-14(9-12(11)2)19-16-10-13-5-3-4-6-15(13)17(16)18/h3-9,16-18H,10H2,1-2H3. The van der Waals surface area contributed by atoms with E-state index in [1.54, 1.807) is 0 Å². The Balaban J connectivity index is 1.80. The summed E-state index contributed by atoms with van der Waals surface area (Å²) in [4.78, 5) is 0. The van der Waals surface area contributed by atoms with E-state index in [1.165, 1.54) is 16.7 Å². The van der Waals surface area contributed by atoms with Crippen molar-refractivity contribution in [1.82, 2.24) is 0 Å². The van der Waals surface area contributed by atoms with Gasteiger partial charge in [-0.25, -0.2) is 0 Å². The zero-order valence-electron chi connectivity index (χ0n) is 11.3. The Morgan fingerprint density at radius 2 is 1.84 bits per heavy atom. The third-order valence-electron chi connectivity index (χ3n) is 3.91. The van der Waals surface area contributed by atoms with Gasteiger partial charge in [0.25, 0.3) is 0 Å². The molecule has 0 spiro atoms. The van der Waals surface area contributed by atoms with Gasteiger partial charge in [0, 0.05) is 6.42 Å². The van der Waals surface area contributed by atoms with Crippen molar-refractivity contribution in [2.24, 2.45) is 0 Å². The molecular formula is C17H18O2. The average molecular weight is 254 g/mol. The molecule has 2 heteroatoms. The number of aliphatic hydroxyl groups excluding tert-OH is 1. The quantitative estimate of drug-likeness (QED) is 0.890. The highest BCUT2D eigenvalue weighted by atomic mass is 16.5. The van der Waals surface area contributed by atoms with E-state index in [9.17, 15) is 5.11 Å². The summed E-state index contributed by atoms with van der Waals surface area (Å²) in [6, 6.07) is 14.1. The summed E-state index contributed by atoms with van der Waals surface area (Å²) in [5.41, 5.74) is 4.64. The second kappa shape index (κ2) is 4.71.